The summed E-state index contributed by atoms with van der Waals surface area (Å²) in [5.41, 5.74) is 0. The van der Waals surface area contributed by atoms with Gasteiger partial charge in [0.2, 0.25) is 10.0 Å². The van der Waals surface area contributed by atoms with Crippen molar-refractivity contribution in [3.05, 3.63) is 0 Å². The van der Waals surface area contributed by atoms with Crippen molar-refractivity contribution in [3.8, 4) is 0 Å². The first kappa shape index (κ1) is 10.4. The van der Waals surface area contributed by atoms with E-state index in [9.17, 15) is 8.42 Å². The van der Waals surface area contributed by atoms with Crippen molar-refractivity contribution in [1.29, 1.82) is 0 Å². The van der Waals surface area contributed by atoms with Crippen molar-refractivity contribution in [2.45, 2.75) is 37.8 Å². The molecule has 1 heterocycles. The molecule has 0 N–H and O–H groups in total. The zero-order chi connectivity index (χ0) is 10.2. The van der Waals surface area contributed by atoms with Gasteiger partial charge in [-0.25, -0.2) is 8.42 Å². The molecular formula is C9H17NO3S. The van der Waals surface area contributed by atoms with Crippen LogP contribution in [0, 0.1) is 0 Å². The molecule has 4 nitrogen and oxygen atoms in total. The van der Waals surface area contributed by atoms with Crippen LogP contribution in [-0.4, -0.2) is 44.3 Å². The fourth-order valence-electron chi connectivity index (χ4n) is 2.11. The lowest BCUT2D eigenvalue weighted by Gasteiger charge is -2.32. The summed E-state index contributed by atoms with van der Waals surface area (Å²) in [4.78, 5) is 0. The van der Waals surface area contributed by atoms with Gasteiger partial charge in [0.05, 0.1) is 6.26 Å². The van der Waals surface area contributed by atoms with Gasteiger partial charge in [-0.2, -0.15) is 4.31 Å². The van der Waals surface area contributed by atoms with Crippen LogP contribution in [0.5, 0.6) is 0 Å². The number of ether oxygens (including phenoxy) is 1. The second-order valence-electron chi connectivity index (χ2n) is 4.17. The summed E-state index contributed by atoms with van der Waals surface area (Å²) in [7, 11) is -3.02. The molecule has 2 fully saturated rings. The standard InChI is InChI=1S/C9H17NO3S/c1-14(11,12)10(8-2-3-8)9-4-6-13-7-5-9/h8-9H,2-7H2,1H3. The molecule has 82 valence electrons. The zero-order valence-corrected chi connectivity index (χ0v) is 9.29. The maximum atomic E-state index is 11.6. The Bertz CT molecular complexity index is 291. The Morgan fingerprint density at radius 2 is 1.57 bits per heavy atom. The molecule has 0 amide bonds. The van der Waals surface area contributed by atoms with Crippen molar-refractivity contribution in [2.24, 2.45) is 0 Å². The van der Waals surface area contributed by atoms with E-state index in [1.165, 1.54) is 6.26 Å². The Kier molecular flexibility index (Phi) is 2.81. The Morgan fingerprint density at radius 1 is 1.07 bits per heavy atom. The highest BCUT2D eigenvalue weighted by Crippen LogP contribution is 2.33. The summed E-state index contributed by atoms with van der Waals surface area (Å²) in [5.74, 6) is 0. The maximum Gasteiger partial charge on any atom is 0.211 e. The molecule has 1 aliphatic carbocycles. The van der Waals surface area contributed by atoms with Crippen LogP contribution < -0.4 is 0 Å². The van der Waals surface area contributed by atoms with Gasteiger partial charge < -0.3 is 4.74 Å². The summed E-state index contributed by atoms with van der Waals surface area (Å²) >= 11 is 0. The van der Waals surface area contributed by atoms with E-state index in [0.717, 1.165) is 25.7 Å². The molecule has 0 spiro atoms. The van der Waals surface area contributed by atoms with Gasteiger partial charge in [-0.1, -0.05) is 0 Å². The number of nitrogens with zero attached hydrogens (tertiary/aromatic N) is 1. The van der Waals surface area contributed by atoms with E-state index in [-0.39, 0.29) is 12.1 Å². The predicted molar refractivity (Wildman–Crippen MR) is 53.5 cm³/mol. The Morgan fingerprint density at radius 3 is 2.00 bits per heavy atom. The number of hydrogen-bond donors (Lipinski definition) is 0. The van der Waals surface area contributed by atoms with Crippen LogP contribution in [0.1, 0.15) is 25.7 Å². The molecule has 0 radical (unpaired) electrons. The predicted octanol–water partition coefficient (Wildman–Crippen LogP) is 0.589. The normalized spacial score (nSPS) is 25.6. The Labute approximate surface area is 85.3 Å². The molecule has 1 saturated carbocycles. The molecule has 0 aromatic heterocycles. The number of rotatable bonds is 3. The molecule has 2 rings (SSSR count). The second kappa shape index (κ2) is 3.79. The fourth-order valence-corrected chi connectivity index (χ4v) is 3.61. The molecule has 14 heavy (non-hydrogen) atoms. The molecule has 2 aliphatic rings. The third-order valence-corrected chi connectivity index (χ3v) is 4.20. The first-order valence-corrected chi connectivity index (χ1v) is 7.00. The molecule has 0 bridgehead atoms. The van der Waals surface area contributed by atoms with Gasteiger partial charge in [-0.15, -0.1) is 0 Å². The SMILES string of the molecule is CS(=O)(=O)N(C1CCOCC1)C1CC1. The first-order chi connectivity index (χ1) is 6.59. The third kappa shape index (κ3) is 2.27. The van der Waals surface area contributed by atoms with Gasteiger partial charge in [0.15, 0.2) is 0 Å². The smallest absolute Gasteiger partial charge is 0.211 e. The van der Waals surface area contributed by atoms with Gasteiger partial charge >= 0.3 is 0 Å². The van der Waals surface area contributed by atoms with Gasteiger partial charge in [0, 0.05) is 25.3 Å². The van der Waals surface area contributed by atoms with Crippen LogP contribution in [-0.2, 0) is 14.8 Å². The molecule has 5 heteroatoms. The molecule has 1 aliphatic heterocycles. The Hall–Kier alpha value is -0.130. The summed E-state index contributed by atoms with van der Waals surface area (Å²) in [6.07, 6.45) is 5.09. The van der Waals surface area contributed by atoms with E-state index < -0.39 is 10.0 Å². The zero-order valence-electron chi connectivity index (χ0n) is 8.48. The third-order valence-electron chi connectivity index (χ3n) is 2.84. The monoisotopic (exact) mass is 219 g/mol. The average molecular weight is 219 g/mol. The van der Waals surface area contributed by atoms with Crippen molar-refractivity contribution in [1.82, 2.24) is 4.31 Å². The molecular weight excluding hydrogens is 202 g/mol. The van der Waals surface area contributed by atoms with E-state index in [4.69, 9.17) is 4.74 Å². The van der Waals surface area contributed by atoms with Gasteiger partial charge in [-0.3, -0.25) is 0 Å². The largest absolute Gasteiger partial charge is 0.381 e. The first-order valence-electron chi connectivity index (χ1n) is 5.15. The van der Waals surface area contributed by atoms with Crippen LogP contribution in [0.4, 0.5) is 0 Å². The van der Waals surface area contributed by atoms with Gasteiger partial charge in [0.1, 0.15) is 0 Å². The van der Waals surface area contributed by atoms with Crippen LogP contribution in [0.25, 0.3) is 0 Å². The lowest BCUT2D eigenvalue weighted by atomic mass is 10.1. The summed E-state index contributed by atoms with van der Waals surface area (Å²) in [6.45, 7) is 1.40. The number of sulfonamides is 1. The van der Waals surface area contributed by atoms with Crippen LogP contribution in [0.2, 0.25) is 0 Å². The number of hydrogen-bond acceptors (Lipinski definition) is 3. The van der Waals surface area contributed by atoms with Gasteiger partial charge in [0.25, 0.3) is 0 Å². The summed E-state index contributed by atoms with van der Waals surface area (Å²) in [5, 5.41) is 0. The molecule has 0 unspecified atom stereocenters. The highest BCUT2D eigenvalue weighted by atomic mass is 32.2. The van der Waals surface area contributed by atoms with Crippen molar-refractivity contribution >= 4 is 10.0 Å². The highest BCUT2D eigenvalue weighted by molar-refractivity contribution is 7.88. The van der Waals surface area contributed by atoms with Crippen LogP contribution in [0.15, 0.2) is 0 Å². The maximum absolute atomic E-state index is 11.6. The molecule has 0 aromatic rings. The topological polar surface area (TPSA) is 46.6 Å². The van der Waals surface area contributed by atoms with E-state index >= 15 is 0 Å². The minimum Gasteiger partial charge on any atom is -0.381 e. The quantitative estimate of drug-likeness (QED) is 0.698. The second-order valence-corrected chi connectivity index (χ2v) is 6.06. The van der Waals surface area contributed by atoms with Crippen LogP contribution >= 0.6 is 0 Å². The minimum absolute atomic E-state index is 0.186. The van der Waals surface area contributed by atoms with Crippen LogP contribution in [0.3, 0.4) is 0 Å². The minimum atomic E-state index is -3.02. The van der Waals surface area contributed by atoms with Crippen molar-refractivity contribution in [2.75, 3.05) is 19.5 Å². The van der Waals surface area contributed by atoms with E-state index in [1.807, 2.05) is 0 Å². The lowest BCUT2D eigenvalue weighted by molar-refractivity contribution is 0.0571. The molecule has 0 aromatic carbocycles. The van der Waals surface area contributed by atoms with E-state index in [0.29, 0.717) is 13.2 Å². The molecule has 0 atom stereocenters. The lowest BCUT2D eigenvalue weighted by Crippen LogP contribution is -2.44. The average Bonchev–Trinajstić information content (AvgIpc) is 2.88. The molecule has 1 saturated heterocycles. The van der Waals surface area contributed by atoms with Gasteiger partial charge in [-0.05, 0) is 25.7 Å². The van der Waals surface area contributed by atoms with E-state index in [1.54, 1.807) is 4.31 Å². The summed E-state index contributed by atoms with van der Waals surface area (Å²) < 4.78 is 30.2. The van der Waals surface area contributed by atoms with Crippen molar-refractivity contribution < 1.29 is 13.2 Å². The highest BCUT2D eigenvalue weighted by Gasteiger charge is 2.40. The van der Waals surface area contributed by atoms with Crippen molar-refractivity contribution in [3.63, 3.8) is 0 Å². The Balaban J connectivity index is 2.09. The fraction of sp³-hybridized carbons (Fsp3) is 1.00. The van der Waals surface area contributed by atoms with E-state index in [2.05, 4.69) is 0 Å². The summed E-state index contributed by atoms with van der Waals surface area (Å²) in [6, 6.07) is 0.472.